The number of hydrogen-bond acceptors (Lipinski definition) is 1. The Morgan fingerprint density at radius 1 is 1.56 bits per heavy atom. The van der Waals surface area contributed by atoms with Crippen LogP contribution in [0, 0.1) is 5.95 Å². The third kappa shape index (κ3) is 1.38. The van der Waals surface area contributed by atoms with Crippen LogP contribution in [0.25, 0.3) is 0 Å². The van der Waals surface area contributed by atoms with E-state index < -0.39 is 11.5 Å². The number of nitrogens with one attached hydrogen (secondary N) is 1. The standard InChI is InChI=1S/C5H3BrFNO/c6-3-1-2-4(7)8-5(3)9/h1-2H,(H,8,9). The number of aromatic nitrogens is 1. The number of aromatic amines is 1. The van der Waals surface area contributed by atoms with Gasteiger partial charge in [-0.25, -0.2) is 0 Å². The molecule has 1 aromatic rings. The first-order valence-corrected chi connectivity index (χ1v) is 3.04. The van der Waals surface area contributed by atoms with Crippen LogP contribution in [-0.4, -0.2) is 4.98 Å². The first-order chi connectivity index (χ1) is 4.20. The lowest BCUT2D eigenvalue weighted by Crippen LogP contribution is -2.06. The predicted octanol–water partition coefficient (Wildman–Crippen LogP) is 1.28. The van der Waals surface area contributed by atoms with E-state index in [2.05, 4.69) is 15.9 Å². The summed E-state index contributed by atoms with van der Waals surface area (Å²) >= 11 is 2.92. The molecule has 2 nitrogen and oxygen atoms in total. The highest BCUT2D eigenvalue weighted by Gasteiger charge is 1.93. The highest BCUT2D eigenvalue weighted by molar-refractivity contribution is 9.10. The van der Waals surface area contributed by atoms with E-state index in [1.165, 1.54) is 12.1 Å². The maximum absolute atomic E-state index is 12.1. The molecule has 0 radical (unpaired) electrons. The van der Waals surface area contributed by atoms with Crippen LogP contribution in [0.1, 0.15) is 0 Å². The van der Waals surface area contributed by atoms with Gasteiger partial charge in [-0.15, -0.1) is 0 Å². The normalized spacial score (nSPS) is 9.56. The van der Waals surface area contributed by atoms with Crippen LogP contribution in [0.5, 0.6) is 0 Å². The summed E-state index contributed by atoms with van der Waals surface area (Å²) in [6, 6.07) is 2.53. The van der Waals surface area contributed by atoms with Crippen molar-refractivity contribution < 1.29 is 4.39 Å². The van der Waals surface area contributed by atoms with Crippen LogP contribution in [0.4, 0.5) is 4.39 Å². The van der Waals surface area contributed by atoms with E-state index in [0.29, 0.717) is 4.47 Å². The minimum absolute atomic E-state index is 0.337. The van der Waals surface area contributed by atoms with E-state index in [0.717, 1.165) is 0 Å². The van der Waals surface area contributed by atoms with Crippen LogP contribution < -0.4 is 5.56 Å². The Morgan fingerprint density at radius 2 is 2.22 bits per heavy atom. The zero-order valence-corrected chi connectivity index (χ0v) is 5.90. The first-order valence-electron chi connectivity index (χ1n) is 2.24. The lowest BCUT2D eigenvalue weighted by atomic mass is 10.5. The minimum atomic E-state index is -0.622. The van der Waals surface area contributed by atoms with Crippen molar-refractivity contribution >= 4 is 15.9 Å². The highest BCUT2D eigenvalue weighted by Crippen LogP contribution is 1.99. The molecule has 1 aromatic heterocycles. The van der Waals surface area contributed by atoms with Gasteiger partial charge in [0.15, 0.2) is 5.95 Å². The van der Waals surface area contributed by atoms with E-state index in [1.807, 2.05) is 4.98 Å². The van der Waals surface area contributed by atoms with Crippen molar-refractivity contribution in [3.05, 3.63) is 32.9 Å². The van der Waals surface area contributed by atoms with Gasteiger partial charge in [-0.1, -0.05) is 0 Å². The third-order valence-electron chi connectivity index (χ3n) is 0.826. The Kier molecular flexibility index (Phi) is 1.66. The molecule has 1 heterocycles. The van der Waals surface area contributed by atoms with Crippen LogP contribution >= 0.6 is 15.9 Å². The average Bonchev–Trinajstić information content (AvgIpc) is 1.80. The molecule has 4 heteroatoms. The summed E-state index contributed by atoms with van der Waals surface area (Å²) in [4.78, 5) is 12.5. The van der Waals surface area contributed by atoms with Crippen LogP contribution in [0.3, 0.4) is 0 Å². The fourth-order valence-corrected chi connectivity index (χ4v) is 0.663. The Hall–Kier alpha value is -0.640. The molecular formula is C5H3BrFNO. The van der Waals surface area contributed by atoms with E-state index in [1.54, 1.807) is 0 Å². The monoisotopic (exact) mass is 191 g/mol. The zero-order chi connectivity index (χ0) is 6.85. The summed E-state index contributed by atoms with van der Waals surface area (Å²) in [6.07, 6.45) is 0. The zero-order valence-electron chi connectivity index (χ0n) is 4.32. The van der Waals surface area contributed by atoms with E-state index in [4.69, 9.17) is 0 Å². The molecule has 9 heavy (non-hydrogen) atoms. The molecule has 0 aliphatic heterocycles. The fraction of sp³-hybridized carbons (Fsp3) is 0. The minimum Gasteiger partial charge on any atom is -0.298 e. The fourth-order valence-electron chi connectivity index (χ4n) is 0.432. The summed E-state index contributed by atoms with van der Waals surface area (Å²) in [5.41, 5.74) is -0.449. The molecule has 48 valence electrons. The maximum atomic E-state index is 12.1. The Bertz CT molecular complexity index is 270. The van der Waals surface area contributed by atoms with Crippen molar-refractivity contribution in [1.29, 1.82) is 0 Å². The molecule has 0 unspecified atom stereocenters. The van der Waals surface area contributed by atoms with E-state index in [-0.39, 0.29) is 0 Å². The summed E-state index contributed by atoms with van der Waals surface area (Å²) in [6.45, 7) is 0. The molecule has 0 aliphatic carbocycles. The Labute approximate surface area is 58.8 Å². The predicted molar refractivity (Wildman–Crippen MR) is 34.7 cm³/mol. The van der Waals surface area contributed by atoms with Gasteiger partial charge in [-0.3, -0.25) is 9.78 Å². The third-order valence-corrected chi connectivity index (χ3v) is 1.45. The van der Waals surface area contributed by atoms with Gasteiger partial charge < -0.3 is 0 Å². The molecule has 1 N–H and O–H groups in total. The Morgan fingerprint density at radius 3 is 2.67 bits per heavy atom. The van der Waals surface area contributed by atoms with Crippen molar-refractivity contribution in [3.8, 4) is 0 Å². The van der Waals surface area contributed by atoms with Crippen molar-refractivity contribution in [2.24, 2.45) is 0 Å². The number of H-pyrrole nitrogens is 1. The van der Waals surface area contributed by atoms with Crippen molar-refractivity contribution in [3.63, 3.8) is 0 Å². The number of hydrogen-bond donors (Lipinski definition) is 1. The second-order valence-electron chi connectivity index (χ2n) is 1.48. The molecule has 1 rings (SSSR count). The molecule has 0 spiro atoms. The number of rotatable bonds is 0. The first kappa shape index (κ1) is 6.48. The van der Waals surface area contributed by atoms with Crippen molar-refractivity contribution in [1.82, 2.24) is 4.98 Å². The molecule has 0 aromatic carbocycles. The summed E-state index contributed by atoms with van der Waals surface area (Å²) in [7, 11) is 0. The van der Waals surface area contributed by atoms with Crippen LogP contribution in [0.2, 0.25) is 0 Å². The molecule has 0 amide bonds. The summed E-state index contributed by atoms with van der Waals surface area (Å²) in [5.74, 6) is -0.622. The molecule has 0 aliphatic rings. The van der Waals surface area contributed by atoms with Crippen molar-refractivity contribution in [2.45, 2.75) is 0 Å². The average molecular weight is 192 g/mol. The molecule has 0 atom stereocenters. The van der Waals surface area contributed by atoms with E-state index in [9.17, 15) is 9.18 Å². The number of pyridine rings is 1. The number of halogens is 2. The largest absolute Gasteiger partial charge is 0.298 e. The highest BCUT2D eigenvalue weighted by atomic mass is 79.9. The smallest absolute Gasteiger partial charge is 0.264 e. The Balaban J connectivity index is 3.34. The van der Waals surface area contributed by atoms with E-state index >= 15 is 0 Å². The quantitative estimate of drug-likeness (QED) is 0.617. The maximum Gasteiger partial charge on any atom is 0.264 e. The lowest BCUT2D eigenvalue weighted by molar-refractivity contribution is 0.579. The van der Waals surface area contributed by atoms with Gasteiger partial charge in [0.2, 0.25) is 0 Å². The van der Waals surface area contributed by atoms with Crippen molar-refractivity contribution in [2.75, 3.05) is 0 Å². The van der Waals surface area contributed by atoms with Gasteiger partial charge >= 0.3 is 0 Å². The summed E-state index contributed by atoms with van der Waals surface area (Å²) < 4.78 is 12.4. The molecule has 0 bridgehead atoms. The second kappa shape index (κ2) is 2.31. The topological polar surface area (TPSA) is 32.9 Å². The van der Waals surface area contributed by atoms with Gasteiger partial charge in [0, 0.05) is 0 Å². The second-order valence-corrected chi connectivity index (χ2v) is 2.34. The van der Waals surface area contributed by atoms with Crippen LogP contribution in [-0.2, 0) is 0 Å². The molecule has 0 fully saturated rings. The lowest BCUT2D eigenvalue weighted by Gasteiger charge is -1.86. The molecule has 0 saturated carbocycles. The molecular weight excluding hydrogens is 189 g/mol. The van der Waals surface area contributed by atoms with Crippen LogP contribution in [0.15, 0.2) is 21.4 Å². The molecule has 0 saturated heterocycles. The van der Waals surface area contributed by atoms with Gasteiger partial charge in [0.25, 0.3) is 5.56 Å². The summed E-state index contributed by atoms with van der Waals surface area (Å²) in [5, 5.41) is 0. The van der Waals surface area contributed by atoms with Gasteiger partial charge in [0.1, 0.15) is 0 Å². The SMILES string of the molecule is O=c1[nH]c(F)ccc1Br. The van der Waals surface area contributed by atoms with Gasteiger partial charge in [-0.05, 0) is 28.1 Å². The van der Waals surface area contributed by atoms with Gasteiger partial charge in [0.05, 0.1) is 4.47 Å². The van der Waals surface area contributed by atoms with Gasteiger partial charge in [-0.2, -0.15) is 4.39 Å².